The van der Waals surface area contributed by atoms with Crippen LogP contribution >= 0.6 is 0 Å². The van der Waals surface area contributed by atoms with Crippen LogP contribution in [0.25, 0.3) is 0 Å². The lowest BCUT2D eigenvalue weighted by Crippen LogP contribution is -2.46. The highest BCUT2D eigenvalue weighted by molar-refractivity contribution is 5.63. The molecule has 0 saturated carbocycles. The molecule has 2 aromatic carbocycles. The van der Waals surface area contributed by atoms with Gasteiger partial charge in [0.15, 0.2) is 0 Å². The number of fused-ring (bicyclic) bond motifs is 2. The summed E-state index contributed by atoms with van der Waals surface area (Å²) in [5.74, 6) is 1.03. The largest absolute Gasteiger partial charge is 0.490 e. The van der Waals surface area contributed by atoms with Crippen molar-refractivity contribution in [1.29, 1.82) is 0 Å². The Kier molecular flexibility index (Phi) is 4.37. The van der Waals surface area contributed by atoms with Crippen LogP contribution in [0, 0.1) is 0 Å². The van der Waals surface area contributed by atoms with Crippen molar-refractivity contribution >= 4 is 11.4 Å². The van der Waals surface area contributed by atoms with Crippen molar-refractivity contribution in [2.75, 3.05) is 29.5 Å². The zero-order valence-corrected chi connectivity index (χ0v) is 17.4. The molecule has 2 aliphatic rings. The normalized spacial score (nSPS) is 16.8. The molecule has 2 aromatic rings. The van der Waals surface area contributed by atoms with E-state index in [1.807, 2.05) is 0 Å². The van der Waals surface area contributed by atoms with E-state index in [9.17, 15) is 0 Å². The first-order valence-electron chi connectivity index (χ1n) is 10.1. The number of para-hydroxylation sites is 1. The second-order valence-electron chi connectivity index (χ2n) is 9.49. The zero-order valence-electron chi connectivity index (χ0n) is 17.4. The minimum absolute atomic E-state index is 0.0687. The standard InChI is InChI=1S/C24H32N2O/c1-23(2,3)25-14-15-27-22-16-18(10-11-21(22)25)17-24(4,5)26-13-12-19-8-6-7-9-20(19)26/h6-11,16H,12-15,17H2,1-5H3. The van der Waals surface area contributed by atoms with Crippen LogP contribution in [0.15, 0.2) is 42.5 Å². The molecule has 0 aliphatic carbocycles. The lowest BCUT2D eigenvalue weighted by atomic mass is 9.92. The van der Waals surface area contributed by atoms with Crippen LogP contribution in [0.4, 0.5) is 11.4 Å². The van der Waals surface area contributed by atoms with Gasteiger partial charge in [-0.3, -0.25) is 0 Å². The van der Waals surface area contributed by atoms with Gasteiger partial charge in [-0.15, -0.1) is 0 Å². The monoisotopic (exact) mass is 364 g/mol. The summed E-state index contributed by atoms with van der Waals surface area (Å²) in [7, 11) is 0. The lowest BCUT2D eigenvalue weighted by Gasteiger charge is -2.42. The molecule has 0 bridgehead atoms. The second-order valence-corrected chi connectivity index (χ2v) is 9.49. The lowest BCUT2D eigenvalue weighted by molar-refractivity contribution is 0.289. The highest BCUT2D eigenvalue weighted by Crippen LogP contribution is 2.39. The number of hydrogen-bond acceptors (Lipinski definition) is 3. The zero-order chi connectivity index (χ0) is 19.2. The van der Waals surface area contributed by atoms with E-state index in [1.54, 1.807) is 0 Å². The number of ether oxygens (including phenoxy) is 1. The van der Waals surface area contributed by atoms with E-state index in [1.165, 1.54) is 22.5 Å². The molecular formula is C24H32N2O. The highest BCUT2D eigenvalue weighted by atomic mass is 16.5. The molecule has 0 N–H and O–H groups in total. The molecule has 0 amide bonds. The van der Waals surface area contributed by atoms with E-state index in [4.69, 9.17) is 4.74 Å². The molecule has 0 atom stereocenters. The van der Waals surface area contributed by atoms with Crippen molar-refractivity contribution < 1.29 is 4.74 Å². The summed E-state index contributed by atoms with van der Waals surface area (Å²) in [4.78, 5) is 5.03. The first-order chi connectivity index (χ1) is 12.8. The van der Waals surface area contributed by atoms with Gasteiger partial charge >= 0.3 is 0 Å². The van der Waals surface area contributed by atoms with Crippen molar-refractivity contribution in [3.05, 3.63) is 53.6 Å². The Labute approximate surface area is 163 Å². The third kappa shape index (κ3) is 3.40. The number of nitrogens with zero attached hydrogens (tertiary/aromatic N) is 2. The van der Waals surface area contributed by atoms with Crippen molar-refractivity contribution in [2.24, 2.45) is 0 Å². The summed E-state index contributed by atoms with van der Waals surface area (Å²) in [6.07, 6.45) is 2.15. The maximum absolute atomic E-state index is 6.03. The van der Waals surface area contributed by atoms with Crippen LogP contribution in [-0.4, -0.2) is 30.8 Å². The summed E-state index contributed by atoms with van der Waals surface area (Å²) < 4.78 is 6.03. The maximum atomic E-state index is 6.03. The molecular weight excluding hydrogens is 332 g/mol. The molecule has 0 unspecified atom stereocenters. The van der Waals surface area contributed by atoms with Gasteiger partial charge in [-0.05, 0) is 76.8 Å². The topological polar surface area (TPSA) is 15.7 Å². The minimum atomic E-state index is 0.0687. The van der Waals surface area contributed by atoms with Gasteiger partial charge in [-0.1, -0.05) is 24.3 Å². The van der Waals surface area contributed by atoms with Gasteiger partial charge in [0, 0.05) is 23.3 Å². The van der Waals surface area contributed by atoms with Crippen molar-refractivity contribution in [1.82, 2.24) is 0 Å². The number of benzene rings is 2. The Balaban J connectivity index is 1.58. The van der Waals surface area contributed by atoms with E-state index < -0.39 is 0 Å². The molecule has 3 heteroatoms. The summed E-state index contributed by atoms with van der Waals surface area (Å²) in [6.45, 7) is 14.3. The Morgan fingerprint density at radius 3 is 2.44 bits per heavy atom. The van der Waals surface area contributed by atoms with E-state index in [0.29, 0.717) is 0 Å². The fourth-order valence-electron chi connectivity index (χ4n) is 4.63. The van der Waals surface area contributed by atoms with Gasteiger partial charge in [0.05, 0.1) is 12.2 Å². The van der Waals surface area contributed by atoms with Gasteiger partial charge < -0.3 is 14.5 Å². The molecule has 0 spiro atoms. The Hall–Kier alpha value is -2.16. The summed E-state index contributed by atoms with van der Waals surface area (Å²) in [6, 6.07) is 15.6. The van der Waals surface area contributed by atoms with Crippen LogP contribution in [0.2, 0.25) is 0 Å². The molecule has 0 aromatic heterocycles. The smallest absolute Gasteiger partial charge is 0.142 e. The number of anilines is 2. The van der Waals surface area contributed by atoms with Crippen LogP contribution in [0.1, 0.15) is 45.7 Å². The molecule has 27 heavy (non-hydrogen) atoms. The fourth-order valence-corrected chi connectivity index (χ4v) is 4.63. The van der Waals surface area contributed by atoms with Gasteiger partial charge in [0.25, 0.3) is 0 Å². The minimum Gasteiger partial charge on any atom is -0.490 e. The van der Waals surface area contributed by atoms with Gasteiger partial charge in [-0.25, -0.2) is 0 Å². The van der Waals surface area contributed by atoms with Crippen LogP contribution in [0.3, 0.4) is 0 Å². The summed E-state index contributed by atoms with van der Waals surface area (Å²) in [5.41, 5.74) is 5.62. The van der Waals surface area contributed by atoms with Crippen LogP contribution in [-0.2, 0) is 12.8 Å². The predicted molar refractivity (Wildman–Crippen MR) is 114 cm³/mol. The Bertz CT molecular complexity index is 835. The van der Waals surface area contributed by atoms with Crippen molar-refractivity contribution in [3.63, 3.8) is 0 Å². The van der Waals surface area contributed by atoms with Crippen LogP contribution in [0.5, 0.6) is 5.75 Å². The average Bonchev–Trinajstić information content (AvgIpc) is 3.05. The Morgan fingerprint density at radius 2 is 1.67 bits per heavy atom. The average molecular weight is 365 g/mol. The van der Waals surface area contributed by atoms with E-state index in [2.05, 4.69) is 86.9 Å². The maximum Gasteiger partial charge on any atom is 0.142 e. The summed E-state index contributed by atoms with van der Waals surface area (Å²) >= 11 is 0. The first-order valence-corrected chi connectivity index (χ1v) is 10.1. The number of hydrogen-bond donors (Lipinski definition) is 0. The Morgan fingerprint density at radius 1 is 0.889 bits per heavy atom. The fraction of sp³-hybridized carbons (Fsp3) is 0.500. The van der Waals surface area contributed by atoms with E-state index in [-0.39, 0.29) is 11.1 Å². The van der Waals surface area contributed by atoms with Crippen LogP contribution < -0.4 is 14.5 Å². The number of rotatable bonds is 3. The highest BCUT2D eigenvalue weighted by Gasteiger charge is 2.33. The van der Waals surface area contributed by atoms with E-state index in [0.717, 1.165) is 38.3 Å². The van der Waals surface area contributed by atoms with Crippen molar-refractivity contribution in [2.45, 2.75) is 58.5 Å². The SMILES string of the molecule is CC(C)(C)N1CCOc2cc(CC(C)(C)N3CCc4ccccc43)ccc21. The molecule has 2 aliphatic heterocycles. The third-order valence-corrected chi connectivity index (χ3v) is 5.95. The molecule has 0 fully saturated rings. The molecule has 3 nitrogen and oxygen atoms in total. The van der Waals surface area contributed by atoms with E-state index >= 15 is 0 Å². The van der Waals surface area contributed by atoms with Gasteiger partial charge in [0.2, 0.25) is 0 Å². The third-order valence-electron chi connectivity index (χ3n) is 5.95. The molecule has 0 saturated heterocycles. The predicted octanol–water partition coefficient (Wildman–Crippen LogP) is 5.07. The second kappa shape index (κ2) is 6.47. The quantitative estimate of drug-likeness (QED) is 0.756. The molecule has 4 rings (SSSR count). The molecule has 2 heterocycles. The molecule has 0 radical (unpaired) electrons. The van der Waals surface area contributed by atoms with Gasteiger partial charge in [0.1, 0.15) is 12.4 Å². The first kappa shape index (κ1) is 18.2. The molecule has 144 valence electrons. The van der Waals surface area contributed by atoms with Crippen molar-refractivity contribution in [3.8, 4) is 5.75 Å². The van der Waals surface area contributed by atoms with Gasteiger partial charge in [-0.2, -0.15) is 0 Å². The summed E-state index contributed by atoms with van der Waals surface area (Å²) in [5, 5.41) is 0.